The second-order valence-corrected chi connectivity index (χ2v) is 3.61. The fourth-order valence-electron chi connectivity index (χ4n) is 1.20. The van der Waals surface area contributed by atoms with E-state index in [9.17, 15) is 4.79 Å². The molecule has 1 atom stereocenters. The first kappa shape index (κ1) is 11.7. The first-order valence-electron chi connectivity index (χ1n) is 5.12. The fourth-order valence-corrected chi connectivity index (χ4v) is 1.20. The predicted octanol–water partition coefficient (Wildman–Crippen LogP) is 1.46. The van der Waals surface area contributed by atoms with Crippen LogP contribution in [0.2, 0.25) is 0 Å². The number of anilines is 1. The Morgan fingerprint density at radius 2 is 2.33 bits per heavy atom. The molecule has 0 fully saturated rings. The summed E-state index contributed by atoms with van der Waals surface area (Å²) in [6, 6.07) is 3.22. The quantitative estimate of drug-likeness (QED) is 0.785. The third-order valence-electron chi connectivity index (χ3n) is 2.10. The Kier molecular flexibility index (Phi) is 4.24. The van der Waals surface area contributed by atoms with Crippen LogP contribution in [-0.4, -0.2) is 16.9 Å². The number of amides is 1. The molecule has 15 heavy (non-hydrogen) atoms. The van der Waals surface area contributed by atoms with Gasteiger partial charge in [0, 0.05) is 6.20 Å². The minimum atomic E-state index is -0.446. The maximum atomic E-state index is 11.5. The van der Waals surface area contributed by atoms with Gasteiger partial charge in [0.2, 0.25) is 5.91 Å². The van der Waals surface area contributed by atoms with E-state index in [-0.39, 0.29) is 5.91 Å². The third-order valence-corrected chi connectivity index (χ3v) is 2.10. The van der Waals surface area contributed by atoms with E-state index in [1.165, 1.54) is 0 Å². The van der Waals surface area contributed by atoms with Gasteiger partial charge in [0.15, 0.2) is 0 Å². The number of rotatable bonds is 4. The fraction of sp³-hybridized carbons (Fsp3) is 0.455. The molecule has 0 spiro atoms. The number of nitrogens with one attached hydrogen (secondary N) is 1. The molecule has 1 aromatic rings. The van der Waals surface area contributed by atoms with Crippen molar-refractivity contribution in [2.24, 2.45) is 5.73 Å². The Morgan fingerprint density at radius 3 is 2.87 bits per heavy atom. The van der Waals surface area contributed by atoms with Gasteiger partial charge < -0.3 is 11.1 Å². The highest BCUT2D eigenvalue weighted by atomic mass is 16.2. The van der Waals surface area contributed by atoms with Crippen LogP contribution in [0.25, 0.3) is 0 Å². The Morgan fingerprint density at radius 1 is 1.60 bits per heavy atom. The van der Waals surface area contributed by atoms with E-state index in [0.717, 1.165) is 12.0 Å². The molecule has 0 aliphatic rings. The molecule has 4 heteroatoms. The molecule has 0 unspecified atom stereocenters. The van der Waals surface area contributed by atoms with Crippen LogP contribution in [0.15, 0.2) is 18.3 Å². The van der Waals surface area contributed by atoms with Crippen LogP contribution in [0.3, 0.4) is 0 Å². The number of carbonyl (C=O) groups is 1. The Balaban J connectivity index is 2.54. The van der Waals surface area contributed by atoms with Crippen molar-refractivity contribution in [3.8, 4) is 0 Å². The number of hydrogen-bond donors (Lipinski definition) is 2. The number of carbonyl (C=O) groups excluding carboxylic acids is 1. The van der Waals surface area contributed by atoms with Gasteiger partial charge in [-0.25, -0.2) is 4.98 Å². The molecular weight excluding hydrogens is 190 g/mol. The van der Waals surface area contributed by atoms with Gasteiger partial charge in [0.05, 0.1) is 6.04 Å². The molecule has 1 aromatic heterocycles. The standard InChI is InChI=1S/C11H17N3O/c1-3-4-9(12)11(15)14-10-6-5-8(2)7-13-10/h5-7,9H,3-4,12H2,1-2H3,(H,13,14,15)/t9-/m1/s1. The molecule has 1 rings (SSSR count). The smallest absolute Gasteiger partial charge is 0.242 e. The summed E-state index contributed by atoms with van der Waals surface area (Å²) in [6.07, 6.45) is 3.30. The van der Waals surface area contributed by atoms with Gasteiger partial charge in [0.1, 0.15) is 5.82 Å². The zero-order valence-corrected chi connectivity index (χ0v) is 9.16. The molecule has 0 saturated heterocycles. The highest BCUT2D eigenvalue weighted by Crippen LogP contribution is 2.05. The van der Waals surface area contributed by atoms with Crippen molar-refractivity contribution in [1.82, 2.24) is 4.98 Å². The van der Waals surface area contributed by atoms with Gasteiger partial charge in [-0.1, -0.05) is 19.4 Å². The molecule has 82 valence electrons. The van der Waals surface area contributed by atoms with E-state index in [4.69, 9.17) is 5.73 Å². The molecule has 0 aliphatic heterocycles. The second-order valence-electron chi connectivity index (χ2n) is 3.61. The molecule has 1 amide bonds. The summed E-state index contributed by atoms with van der Waals surface area (Å²) in [5.74, 6) is 0.380. The van der Waals surface area contributed by atoms with Gasteiger partial charge in [-0.3, -0.25) is 4.79 Å². The molecule has 1 heterocycles. The molecule has 0 bridgehead atoms. The van der Waals surface area contributed by atoms with Crippen LogP contribution in [0.4, 0.5) is 5.82 Å². The number of aryl methyl sites for hydroxylation is 1. The van der Waals surface area contributed by atoms with Gasteiger partial charge in [0.25, 0.3) is 0 Å². The Labute approximate surface area is 89.9 Å². The molecular formula is C11H17N3O. The lowest BCUT2D eigenvalue weighted by Gasteiger charge is -2.10. The second kappa shape index (κ2) is 5.46. The zero-order valence-electron chi connectivity index (χ0n) is 9.16. The van der Waals surface area contributed by atoms with Crippen molar-refractivity contribution in [2.75, 3.05) is 5.32 Å². The maximum Gasteiger partial charge on any atom is 0.242 e. The highest BCUT2D eigenvalue weighted by Gasteiger charge is 2.12. The lowest BCUT2D eigenvalue weighted by molar-refractivity contribution is -0.117. The van der Waals surface area contributed by atoms with Crippen molar-refractivity contribution >= 4 is 11.7 Å². The van der Waals surface area contributed by atoms with Gasteiger partial charge in [-0.05, 0) is 25.0 Å². The minimum absolute atomic E-state index is 0.173. The summed E-state index contributed by atoms with van der Waals surface area (Å²) in [5.41, 5.74) is 6.73. The number of nitrogens with two attached hydrogens (primary N) is 1. The zero-order chi connectivity index (χ0) is 11.3. The number of hydrogen-bond acceptors (Lipinski definition) is 3. The topological polar surface area (TPSA) is 68.0 Å². The van der Waals surface area contributed by atoms with E-state index >= 15 is 0 Å². The third kappa shape index (κ3) is 3.67. The lowest BCUT2D eigenvalue weighted by atomic mass is 10.2. The average molecular weight is 207 g/mol. The molecule has 0 aromatic carbocycles. The first-order chi connectivity index (χ1) is 7.13. The average Bonchev–Trinajstić information content (AvgIpc) is 2.22. The van der Waals surface area contributed by atoms with E-state index in [2.05, 4.69) is 10.3 Å². The van der Waals surface area contributed by atoms with E-state index in [0.29, 0.717) is 12.2 Å². The van der Waals surface area contributed by atoms with Crippen molar-refractivity contribution < 1.29 is 4.79 Å². The van der Waals surface area contributed by atoms with Gasteiger partial charge >= 0.3 is 0 Å². The summed E-state index contributed by atoms with van der Waals surface area (Å²) in [4.78, 5) is 15.6. The van der Waals surface area contributed by atoms with Crippen LogP contribution < -0.4 is 11.1 Å². The normalized spacial score (nSPS) is 12.2. The number of aromatic nitrogens is 1. The summed E-state index contributed by atoms with van der Waals surface area (Å²) in [7, 11) is 0. The predicted molar refractivity (Wildman–Crippen MR) is 60.5 cm³/mol. The number of nitrogens with zero attached hydrogens (tertiary/aromatic N) is 1. The Hall–Kier alpha value is -1.42. The van der Waals surface area contributed by atoms with Crippen molar-refractivity contribution in [2.45, 2.75) is 32.7 Å². The molecule has 4 nitrogen and oxygen atoms in total. The first-order valence-corrected chi connectivity index (χ1v) is 5.12. The van der Waals surface area contributed by atoms with Crippen LogP contribution in [0.1, 0.15) is 25.3 Å². The Bertz CT molecular complexity index is 321. The summed E-state index contributed by atoms with van der Waals surface area (Å²) in [5, 5.41) is 2.68. The van der Waals surface area contributed by atoms with Crippen LogP contribution in [0, 0.1) is 6.92 Å². The van der Waals surface area contributed by atoms with Gasteiger partial charge in [-0.2, -0.15) is 0 Å². The molecule has 3 N–H and O–H groups in total. The summed E-state index contributed by atoms with van der Waals surface area (Å²) >= 11 is 0. The lowest BCUT2D eigenvalue weighted by Crippen LogP contribution is -2.35. The highest BCUT2D eigenvalue weighted by molar-refractivity contribution is 5.93. The molecule has 0 radical (unpaired) electrons. The minimum Gasteiger partial charge on any atom is -0.320 e. The largest absolute Gasteiger partial charge is 0.320 e. The summed E-state index contributed by atoms with van der Waals surface area (Å²) in [6.45, 7) is 3.94. The van der Waals surface area contributed by atoms with Crippen LogP contribution >= 0.6 is 0 Å². The van der Waals surface area contributed by atoms with Crippen molar-refractivity contribution in [3.05, 3.63) is 23.9 Å². The number of pyridine rings is 1. The molecule has 0 aliphatic carbocycles. The maximum absolute atomic E-state index is 11.5. The SMILES string of the molecule is CCC[C@@H](N)C(=O)Nc1ccc(C)cn1. The molecule has 0 saturated carbocycles. The van der Waals surface area contributed by atoms with Crippen molar-refractivity contribution in [3.63, 3.8) is 0 Å². The van der Waals surface area contributed by atoms with Crippen LogP contribution in [-0.2, 0) is 4.79 Å². The van der Waals surface area contributed by atoms with E-state index in [1.807, 2.05) is 19.9 Å². The van der Waals surface area contributed by atoms with E-state index < -0.39 is 6.04 Å². The van der Waals surface area contributed by atoms with Gasteiger partial charge in [-0.15, -0.1) is 0 Å². The van der Waals surface area contributed by atoms with Crippen LogP contribution in [0.5, 0.6) is 0 Å². The monoisotopic (exact) mass is 207 g/mol. The summed E-state index contributed by atoms with van der Waals surface area (Å²) < 4.78 is 0. The van der Waals surface area contributed by atoms with Crippen molar-refractivity contribution in [1.29, 1.82) is 0 Å². The van der Waals surface area contributed by atoms with E-state index in [1.54, 1.807) is 12.3 Å².